The largest absolute Gasteiger partial charge is 0.506 e. The van der Waals surface area contributed by atoms with Gasteiger partial charge in [0.05, 0.1) is 0 Å². The molecule has 1 aliphatic heterocycles. The molecule has 4 nitrogen and oxygen atoms in total. The Morgan fingerprint density at radius 2 is 2.00 bits per heavy atom. The van der Waals surface area contributed by atoms with Gasteiger partial charge in [-0.15, -0.1) is 12.4 Å². The summed E-state index contributed by atoms with van der Waals surface area (Å²) in [6.07, 6.45) is 0. The van der Waals surface area contributed by atoms with Crippen molar-refractivity contribution in [3.05, 3.63) is 10.9 Å². The van der Waals surface area contributed by atoms with Gasteiger partial charge in [0.2, 0.25) is 5.12 Å². The molecule has 0 aromatic heterocycles. The zero-order valence-electron chi connectivity index (χ0n) is 4.77. The highest BCUT2D eigenvalue weighted by atomic mass is 35.5. The molecule has 0 fully saturated rings. The van der Waals surface area contributed by atoms with Gasteiger partial charge in [-0.1, -0.05) is 0 Å². The topological polar surface area (TPSA) is 83.6 Å². The van der Waals surface area contributed by atoms with Crippen LogP contribution in [0.1, 0.15) is 0 Å². The Morgan fingerprint density at radius 3 is 2.10 bits per heavy atom. The van der Waals surface area contributed by atoms with Crippen molar-refractivity contribution in [2.24, 2.45) is 5.73 Å². The van der Waals surface area contributed by atoms with Crippen molar-refractivity contribution in [2.45, 2.75) is 6.04 Å². The molecule has 0 saturated carbocycles. The molecule has 58 valence electrons. The standard InChI is InChI=1S/C4H5NO3S.ClH/c5-1-2(6)4(8)9-3(1)7;/h1,6,8H,5H2;1H. The van der Waals surface area contributed by atoms with Crippen LogP contribution in [0.3, 0.4) is 0 Å². The van der Waals surface area contributed by atoms with Gasteiger partial charge in [-0.25, -0.2) is 0 Å². The van der Waals surface area contributed by atoms with E-state index in [1.165, 1.54) is 0 Å². The molecule has 0 aromatic rings. The number of hydrogen-bond donors (Lipinski definition) is 3. The molecule has 0 aromatic carbocycles. The maximum Gasteiger partial charge on any atom is 0.221 e. The molecule has 4 N–H and O–H groups in total. The Hall–Kier alpha value is -0.390. The molecule has 1 rings (SSSR count). The number of halogens is 1. The average Bonchev–Trinajstić information content (AvgIpc) is 1.98. The highest BCUT2D eigenvalue weighted by molar-refractivity contribution is 8.17. The zero-order valence-corrected chi connectivity index (χ0v) is 6.41. The Kier molecular flexibility index (Phi) is 3.01. The van der Waals surface area contributed by atoms with Gasteiger partial charge in [-0.05, 0) is 11.8 Å². The summed E-state index contributed by atoms with van der Waals surface area (Å²) >= 11 is 0.558. The molecule has 0 amide bonds. The van der Waals surface area contributed by atoms with Crippen LogP contribution in [-0.4, -0.2) is 21.4 Å². The van der Waals surface area contributed by atoms with Gasteiger partial charge in [0.15, 0.2) is 10.9 Å². The first kappa shape index (κ1) is 9.61. The number of aliphatic hydroxyl groups excluding tert-OH is 2. The highest BCUT2D eigenvalue weighted by Crippen LogP contribution is 2.27. The van der Waals surface area contributed by atoms with E-state index in [9.17, 15) is 4.79 Å². The van der Waals surface area contributed by atoms with E-state index in [1.54, 1.807) is 0 Å². The van der Waals surface area contributed by atoms with Crippen LogP contribution < -0.4 is 5.73 Å². The Morgan fingerprint density at radius 1 is 1.50 bits per heavy atom. The van der Waals surface area contributed by atoms with Gasteiger partial charge >= 0.3 is 0 Å². The number of carbonyl (C=O) groups excluding carboxylic acids is 1. The highest BCUT2D eigenvalue weighted by Gasteiger charge is 2.31. The fourth-order valence-corrected chi connectivity index (χ4v) is 1.12. The van der Waals surface area contributed by atoms with E-state index in [4.69, 9.17) is 15.9 Å². The molecular formula is C4H6ClNO3S. The van der Waals surface area contributed by atoms with Crippen molar-refractivity contribution in [3.63, 3.8) is 0 Å². The van der Waals surface area contributed by atoms with E-state index in [0.29, 0.717) is 11.8 Å². The molecule has 10 heavy (non-hydrogen) atoms. The zero-order chi connectivity index (χ0) is 7.02. The summed E-state index contributed by atoms with van der Waals surface area (Å²) in [4.78, 5) is 10.5. The summed E-state index contributed by atoms with van der Waals surface area (Å²) in [6.45, 7) is 0. The third-order valence-electron chi connectivity index (χ3n) is 0.965. The average molecular weight is 184 g/mol. The number of hydrogen-bond acceptors (Lipinski definition) is 5. The second kappa shape index (κ2) is 3.14. The first-order valence-corrected chi connectivity index (χ1v) is 3.04. The smallest absolute Gasteiger partial charge is 0.221 e. The quantitative estimate of drug-likeness (QED) is 0.503. The third-order valence-corrected chi connectivity index (χ3v) is 1.82. The molecule has 0 bridgehead atoms. The number of thioether (sulfide) groups is 1. The van der Waals surface area contributed by atoms with Gasteiger partial charge in [0.1, 0.15) is 6.04 Å². The number of nitrogens with two attached hydrogens (primary N) is 1. The van der Waals surface area contributed by atoms with Gasteiger partial charge in [0, 0.05) is 0 Å². The lowest BCUT2D eigenvalue weighted by Gasteiger charge is -1.95. The monoisotopic (exact) mass is 183 g/mol. The van der Waals surface area contributed by atoms with Crippen LogP contribution in [0.25, 0.3) is 0 Å². The minimum absolute atomic E-state index is 0. The van der Waals surface area contributed by atoms with Crippen molar-refractivity contribution in [1.29, 1.82) is 0 Å². The van der Waals surface area contributed by atoms with Crippen molar-refractivity contribution in [3.8, 4) is 0 Å². The summed E-state index contributed by atoms with van der Waals surface area (Å²) in [5.74, 6) is -0.426. The molecule has 1 aliphatic rings. The second-order valence-corrected chi connectivity index (χ2v) is 2.58. The van der Waals surface area contributed by atoms with E-state index < -0.39 is 16.9 Å². The maximum atomic E-state index is 10.5. The fourth-order valence-electron chi connectivity index (χ4n) is 0.456. The summed E-state index contributed by atoms with van der Waals surface area (Å²) < 4.78 is 0. The number of aliphatic hydroxyl groups is 2. The molecule has 1 unspecified atom stereocenters. The molecule has 0 radical (unpaired) electrons. The Labute approximate surface area is 67.5 Å². The van der Waals surface area contributed by atoms with Crippen molar-refractivity contribution >= 4 is 29.3 Å². The van der Waals surface area contributed by atoms with E-state index in [2.05, 4.69) is 0 Å². The van der Waals surface area contributed by atoms with Gasteiger partial charge in [0.25, 0.3) is 0 Å². The lowest BCUT2D eigenvalue weighted by molar-refractivity contribution is -0.111. The molecular weight excluding hydrogens is 178 g/mol. The summed E-state index contributed by atoms with van der Waals surface area (Å²) in [5.41, 5.74) is 5.07. The Bertz CT molecular complexity index is 193. The van der Waals surface area contributed by atoms with Crippen molar-refractivity contribution in [2.75, 3.05) is 0 Å². The van der Waals surface area contributed by atoms with Crippen LogP contribution in [0.2, 0.25) is 0 Å². The first-order chi connectivity index (χ1) is 4.13. The molecule has 0 spiro atoms. The molecule has 1 atom stereocenters. The number of rotatable bonds is 0. The maximum absolute atomic E-state index is 10.5. The molecule has 1 heterocycles. The minimum Gasteiger partial charge on any atom is -0.506 e. The van der Waals surface area contributed by atoms with Crippen molar-refractivity contribution in [1.82, 2.24) is 0 Å². The van der Waals surface area contributed by atoms with Gasteiger partial charge in [-0.2, -0.15) is 0 Å². The van der Waals surface area contributed by atoms with E-state index in [-0.39, 0.29) is 17.5 Å². The normalized spacial score (nSPS) is 24.9. The SMILES string of the molecule is Cl.NC1C(=O)SC(O)=C1O. The number of carbonyl (C=O) groups is 1. The van der Waals surface area contributed by atoms with Gasteiger partial charge < -0.3 is 15.9 Å². The van der Waals surface area contributed by atoms with E-state index in [1.807, 2.05) is 0 Å². The Balaban J connectivity index is 0.000000810. The predicted octanol–water partition coefficient (Wildman–Crippen LogP) is 0.294. The van der Waals surface area contributed by atoms with Crippen LogP contribution in [0.15, 0.2) is 10.9 Å². The fraction of sp³-hybridized carbons (Fsp3) is 0.250. The van der Waals surface area contributed by atoms with Gasteiger partial charge in [-0.3, -0.25) is 4.79 Å². The first-order valence-electron chi connectivity index (χ1n) is 2.22. The van der Waals surface area contributed by atoms with Crippen LogP contribution in [-0.2, 0) is 4.79 Å². The second-order valence-electron chi connectivity index (χ2n) is 1.59. The molecule has 6 heteroatoms. The summed E-state index contributed by atoms with van der Waals surface area (Å²) in [7, 11) is 0. The lowest BCUT2D eigenvalue weighted by atomic mass is 10.3. The minimum atomic E-state index is -1.03. The van der Waals surface area contributed by atoms with E-state index in [0.717, 1.165) is 0 Å². The van der Waals surface area contributed by atoms with Crippen LogP contribution in [0.4, 0.5) is 0 Å². The summed E-state index contributed by atoms with van der Waals surface area (Å²) in [5, 5.41) is 16.5. The molecule has 0 saturated heterocycles. The van der Waals surface area contributed by atoms with Crippen LogP contribution in [0.5, 0.6) is 0 Å². The predicted molar refractivity (Wildman–Crippen MR) is 40.1 cm³/mol. The lowest BCUT2D eigenvalue weighted by Crippen LogP contribution is -2.26. The van der Waals surface area contributed by atoms with Crippen LogP contribution >= 0.6 is 24.2 Å². The van der Waals surface area contributed by atoms with Crippen molar-refractivity contribution < 1.29 is 15.0 Å². The third kappa shape index (κ3) is 1.36. The summed E-state index contributed by atoms with van der Waals surface area (Å²) in [6, 6.07) is -1.03. The molecule has 0 aliphatic carbocycles. The van der Waals surface area contributed by atoms with Crippen LogP contribution in [0, 0.1) is 0 Å². The van der Waals surface area contributed by atoms with E-state index >= 15 is 0 Å².